The Morgan fingerprint density at radius 1 is 1.07 bits per heavy atom. The molecule has 2 aromatic carbocycles. The highest BCUT2D eigenvalue weighted by atomic mass is 16.6. The lowest BCUT2D eigenvalue weighted by Crippen LogP contribution is -2.36. The summed E-state index contributed by atoms with van der Waals surface area (Å²) in [5, 5.41) is 5.55. The van der Waals surface area contributed by atoms with Gasteiger partial charge in [-0.15, -0.1) is 0 Å². The Kier molecular flexibility index (Phi) is 6.91. The summed E-state index contributed by atoms with van der Waals surface area (Å²) in [6.07, 6.45) is 1.50. The third kappa shape index (κ3) is 5.78. The summed E-state index contributed by atoms with van der Waals surface area (Å²) in [6, 6.07) is 17.3. The van der Waals surface area contributed by atoms with Crippen molar-refractivity contribution in [1.29, 1.82) is 0 Å². The summed E-state index contributed by atoms with van der Waals surface area (Å²) in [7, 11) is 0. The summed E-state index contributed by atoms with van der Waals surface area (Å²) in [4.78, 5) is 24.9. The average Bonchev–Trinajstić information content (AvgIpc) is 3.16. The van der Waals surface area contributed by atoms with Crippen molar-refractivity contribution in [1.82, 2.24) is 10.6 Å². The van der Waals surface area contributed by atoms with Crippen LogP contribution in [0.25, 0.3) is 0 Å². The second-order valence-electron chi connectivity index (χ2n) is 6.31. The van der Waals surface area contributed by atoms with Gasteiger partial charge in [0.1, 0.15) is 6.61 Å². The monoisotopic (exact) mass is 377 g/mol. The first-order valence-corrected chi connectivity index (χ1v) is 9.31. The number of ether oxygens (including phenoxy) is 1. The fourth-order valence-electron chi connectivity index (χ4n) is 2.83. The van der Waals surface area contributed by atoms with Crippen LogP contribution < -0.4 is 15.5 Å². The first-order chi connectivity index (χ1) is 13.7. The van der Waals surface area contributed by atoms with Crippen LogP contribution in [0.1, 0.15) is 17.5 Å². The molecule has 1 saturated heterocycles. The van der Waals surface area contributed by atoms with E-state index in [0.717, 1.165) is 24.1 Å². The summed E-state index contributed by atoms with van der Waals surface area (Å²) >= 11 is 0. The number of carbonyl (C=O) groups is 2. The molecule has 0 spiro atoms. The molecular formula is C22H23N3O3. The molecule has 6 nitrogen and oxygen atoms in total. The molecule has 1 aliphatic heterocycles. The molecule has 2 aromatic rings. The number of benzene rings is 2. The lowest BCUT2D eigenvalue weighted by molar-refractivity contribution is 0.181. The minimum atomic E-state index is -0.321. The van der Waals surface area contributed by atoms with Crippen molar-refractivity contribution in [2.24, 2.45) is 0 Å². The first kappa shape index (κ1) is 19.3. The molecule has 3 rings (SSSR count). The molecule has 0 unspecified atom stereocenters. The topological polar surface area (TPSA) is 70.7 Å². The highest BCUT2D eigenvalue weighted by Crippen LogP contribution is 2.18. The SMILES string of the molecule is O=C(NCC#Cc1ccc(N2CCOC2=O)cc1)NCCCc1ccccc1. The zero-order chi connectivity index (χ0) is 19.6. The number of hydrogen-bond donors (Lipinski definition) is 2. The highest BCUT2D eigenvalue weighted by molar-refractivity contribution is 5.89. The summed E-state index contributed by atoms with van der Waals surface area (Å²) in [6.45, 7) is 1.87. The van der Waals surface area contributed by atoms with Gasteiger partial charge in [-0.1, -0.05) is 42.2 Å². The van der Waals surface area contributed by atoms with Crippen LogP contribution in [0, 0.1) is 11.8 Å². The van der Waals surface area contributed by atoms with Crippen LogP contribution in [0.4, 0.5) is 15.3 Å². The van der Waals surface area contributed by atoms with Gasteiger partial charge in [0.15, 0.2) is 0 Å². The minimum absolute atomic E-state index is 0.217. The number of amides is 3. The lowest BCUT2D eigenvalue weighted by Gasteiger charge is -2.11. The second-order valence-corrected chi connectivity index (χ2v) is 6.31. The maximum Gasteiger partial charge on any atom is 0.414 e. The van der Waals surface area contributed by atoms with Crippen molar-refractivity contribution in [2.45, 2.75) is 12.8 Å². The Bertz CT molecular complexity index is 854. The predicted octanol–water partition coefficient (Wildman–Crippen LogP) is 2.93. The highest BCUT2D eigenvalue weighted by Gasteiger charge is 2.23. The number of urea groups is 1. The maximum absolute atomic E-state index is 11.7. The van der Waals surface area contributed by atoms with Crippen LogP contribution in [0.3, 0.4) is 0 Å². The van der Waals surface area contributed by atoms with E-state index in [1.807, 2.05) is 42.5 Å². The van der Waals surface area contributed by atoms with Crippen molar-refractivity contribution < 1.29 is 14.3 Å². The first-order valence-electron chi connectivity index (χ1n) is 9.31. The Morgan fingerprint density at radius 3 is 2.57 bits per heavy atom. The van der Waals surface area contributed by atoms with E-state index in [1.54, 1.807) is 4.90 Å². The van der Waals surface area contributed by atoms with E-state index in [9.17, 15) is 9.59 Å². The van der Waals surface area contributed by atoms with Crippen molar-refractivity contribution in [3.05, 3.63) is 65.7 Å². The number of nitrogens with zero attached hydrogens (tertiary/aromatic N) is 1. The molecular weight excluding hydrogens is 354 g/mol. The van der Waals surface area contributed by atoms with Crippen molar-refractivity contribution in [2.75, 3.05) is 31.1 Å². The number of cyclic esters (lactones) is 1. The van der Waals surface area contributed by atoms with Crippen LogP contribution in [-0.2, 0) is 11.2 Å². The Balaban J connectivity index is 1.34. The molecule has 1 fully saturated rings. The molecule has 3 amide bonds. The van der Waals surface area contributed by atoms with Crippen LogP contribution in [0.15, 0.2) is 54.6 Å². The molecule has 144 valence electrons. The predicted molar refractivity (Wildman–Crippen MR) is 108 cm³/mol. The lowest BCUT2D eigenvalue weighted by atomic mass is 10.1. The molecule has 0 saturated carbocycles. The van der Waals surface area contributed by atoms with Gasteiger partial charge in [-0.3, -0.25) is 4.90 Å². The zero-order valence-corrected chi connectivity index (χ0v) is 15.6. The van der Waals surface area contributed by atoms with Crippen LogP contribution in [0.2, 0.25) is 0 Å². The van der Waals surface area contributed by atoms with Gasteiger partial charge in [0, 0.05) is 17.8 Å². The van der Waals surface area contributed by atoms with Crippen LogP contribution in [-0.4, -0.2) is 38.4 Å². The van der Waals surface area contributed by atoms with Gasteiger partial charge in [0.05, 0.1) is 13.1 Å². The minimum Gasteiger partial charge on any atom is -0.447 e. The van der Waals surface area contributed by atoms with Gasteiger partial charge in [-0.25, -0.2) is 9.59 Å². The quantitative estimate of drug-likeness (QED) is 0.601. The third-order valence-corrected chi connectivity index (χ3v) is 4.28. The fraction of sp³-hybridized carbons (Fsp3) is 0.273. The van der Waals surface area contributed by atoms with Gasteiger partial charge < -0.3 is 15.4 Å². The Hall–Kier alpha value is -3.46. The smallest absolute Gasteiger partial charge is 0.414 e. The number of nitrogens with one attached hydrogen (secondary N) is 2. The van der Waals surface area contributed by atoms with E-state index < -0.39 is 0 Å². The third-order valence-electron chi connectivity index (χ3n) is 4.28. The van der Waals surface area contributed by atoms with Gasteiger partial charge in [-0.2, -0.15) is 0 Å². The van der Waals surface area contributed by atoms with Gasteiger partial charge in [-0.05, 0) is 42.7 Å². The maximum atomic E-state index is 11.7. The summed E-state index contributed by atoms with van der Waals surface area (Å²) < 4.78 is 4.92. The van der Waals surface area contributed by atoms with Crippen molar-refractivity contribution in [3.8, 4) is 11.8 Å². The van der Waals surface area contributed by atoms with E-state index in [2.05, 4.69) is 34.6 Å². The van der Waals surface area contributed by atoms with E-state index in [1.165, 1.54) is 5.56 Å². The van der Waals surface area contributed by atoms with Crippen molar-refractivity contribution >= 4 is 17.8 Å². The number of hydrogen-bond acceptors (Lipinski definition) is 3. The second kappa shape index (κ2) is 10.0. The normalized spacial score (nSPS) is 12.7. The van der Waals surface area contributed by atoms with E-state index in [0.29, 0.717) is 19.7 Å². The molecule has 1 heterocycles. The van der Waals surface area contributed by atoms with Gasteiger partial charge in [0.25, 0.3) is 0 Å². The summed E-state index contributed by atoms with van der Waals surface area (Å²) in [5.41, 5.74) is 2.88. The average molecular weight is 377 g/mol. The fourth-order valence-corrected chi connectivity index (χ4v) is 2.83. The standard InChI is InChI=1S/C22H23N3O3/c26-21(23-14-4-8-18-6-2-1-3-7-18)24-15-5-9-19-10-12-20(13-11-19)25-16-17-28-22(25)27/h1-3,6-7,10-13H,4,8,14-17H2,(H2,23,24,26). The van der Waals surface area contributed by atoms with Crippen LogP contribution >= 0.6 is 0 Å². The van der Waals surface area contributed by atoms with Crippen LogP contribution in [0.5, 0.6) is 0 Å². The van der Waals surface area contributed by atoms with E-state index >= 15 is 0 Å². The molecule has 0 bridgehead atoms. The van der Waals surface area contributed by atoms with Gasteiger partial charge >= 0.3 is 12.1 Å². The number of aryl methyl sites for hydroxylation is 1. The van der Waals surface area contributed by atoms with Gasteiger partial charge in [0.2, 0.25) is 0 Å². The number of carbonyl (C=O) groups excluding carboxylic acids is 2. The van der Waals surface area contributed by atoms with E-state index in [-0.39, 0.29) is 18.7 Å². The number of rotatable bonds is 6. The number of anilines is 1. The molecule has 0 aromatic heterocycles. The Labute approximate surface area is 164 Å². The Morgan fingerprint density at radius 2 is 1.86 bits per heavy atom. The molecule has 0 atom stereocenters. The molecule has 0 radical (unpaired) electrons. The largest absolute Gasteiger partial charge is 0.447 e. The zero-order valence-electron chi connectivity index (χ0n) is 15.6. The molecule has 2 N–H and O–H groups in total. The molecule has 0 aliphatic carbocycles. The molecule has 28 heavy (non-hydrogen) atoms. The summed E-state index contributed by atoms with van der Waals surface area (Å²) in [5.74, 6) is 5.91. The van der Waals surface area contributed by atoms with Crippen molar-refractivity contribution in [3.63, 3.8) is 0 Å². The van der Waals surface area contributed by atoms with E-state index in [4.69, 9.17) is 4.74 Å². The molecule has 1 aliphatic rings. The molecule has 6 heteroatoms.